The van der Waals surface area contributed by atoms with Crippen LogP contribution in [0.25, 0.3) is 0 Å². The molecule has 2 heterocycles. The Bertz CT molecular complexity index is 913. The number of sulfonamides is 1. The number of aromatic nitrogens is 1. The summed E-state index contributed by atoms with van der Waals surface area (Å²) in [5, 5.41) is 2.79. The topological polar surface area (TPSA) is 88.6 Å². The lowest BCUT2D eigenvalue weighted by molar-refractivity contribution is -0.120. The van der Waals surface area contributed by atoms with Crippen LogP contribution in [0.4, 0.5) is 5.82 Å². The fourth-order valence-electron chi connectivity index (χ4n) is 3.11. The molecule has 8 heteroatoms. The molecule has 27 heavy (non-hydrogen) atoms. The van der Waals surface area contributed by atoms with E-state index in [0.717, 1.165) is 5.69 Å². The maximum atomic E-state index is 12.9. The average molecular weight is 389 g/mol. The van der Waals surface area contributed by atoms with Crippen LogP contribution in [0.3, 0.4) is 0 Å². The van der Waals surface area contributed by atoms with Gasteiger partial charge >= 0.3 is 0 Å². The van der Waals surface area contributed by atoms with Gasteiger partial charge in [0.2, 0.25) is 15.9 Å². The number of ether oxygens (including phenoxy) is 1. The number of amides is 1. The summed E-state index contributed by atoms with van der Waals surface area (Å²) in [6.07, 6.45) is 1.28. The van der Waals surface area contributed by atoms with Gasteiger partial charge in [0.25, 0.3) is 0 Å². The van der Waals surface area contributed by atoms with E-state index >= 15 is 0 Å². The highest BCUT2D eigenvalue weighted by Gasteiger charge is 2.33. The number of hydrogen-bond acceptors (Lipinski definition) is 5. The molecule has 1 aliphatic heterocycles. The monoisotopic (exact) mass is 389 g/mol. The summed E-state index contributed by atoms with van der Waals surface area (Å²) < 4.78 is 32.3. The molecule has 1 N–H and O–H groups in total. The fraction of sp³-hybridized carbons (Fsp3) is 0.368. The molecule has 0 radical (unpaired) electrons. The zero-order valence-corrected chi connectivity index (χ0v) is 16.2. The van der Waals surface area contributed by atoms with E-state index in [0.29, 0.717) is 31.0 Å². The molecule has 0 aliphatic carbocycles. The van der Waals surface area contributed by atoms with Crippen molar-refractivity contribution >= 4 is 21.7 Å². The molecule has 0 spiro atoms. The number of carbonyl (C=O) groups excluding carboxylic acids is 1. The normalized spacial score (nSPS) is 18.1. The Morgan fingerprint density at radius 2 is 1.96 bits per heavy atom. The van der Waals surface area contributed by atoms with Gasteiger partial charge in [-0.1, -0.05) is 6.07 Å². The van der Waals surface area contributed by atoms with Crippen LogP contribution >= 0.6 is 0 Å². The molecule has 0 bridgehead atoms. The highest BCUT2D eigenvalue weighted by atomic mass is 32.2. The molecule has 1 amide bonds. The SMILES string of the molecule is COc1ccc(S(=O)(=O)N2CCCC(C(=O)Nc3cccc(C)n3)C2)cc1. The number of piperidine rings is 1. The number of nitrogens with zero attached hydrogens (tertiary/aromatic N) is 2. The highest BCUT2D eigenvalue weighted by molar-refractivity contribution is 7.89. The van der Waals surface area contributed by atoms with Crippen molar-refractivity contribution < 1.29 is 17.9 Å². The summed E-state index contributed by atoms with van der Waals surface area (Å²) in [4.78, 5) is 17.0. The van der Waals surface area contributed by atoms with Gasteiger partial charge in [-0.2, -0.15) is 4.31 Å². The lowest BCUT2D eigenvalue weighted by atomic mass is 9.99. The first kappa shape index (κ1) is 19.3. The molecule has 1 aliphatic rings. The number of rotatable bonds is 5. The van der Waals surface area contributed by atoms with Crippen molar-refractivity contribution in [2.75, 3.05) is 25.5 Å². The lowest BCUT2D eigenvalue weighted by Crippen LogP contribution is -2.43. The third kappa shape index (κ3) is 4.45. The number of carbonyl (C=O) groups is 1. The van der Waals surface area contributed by atoms with E-state index in [9.17, 15) is 13.2 Å². The molecule has 1 aromatic heterocycles. The number of aryl methyl sites for hydroxylation is 1. The summed E-state index contributed by atoms with van der Waals surface area (Å²) in [7, 11) is -2.12. The quantitative estimate of drug-likeness (QED) is 0.848. The van der Waals surface area contributed by atoms with Crippen molar-refractivity contribution in [3.8, 4) is 5.75 Å². The Kier molecular flexibility index (Phi) is 5.76. The predicted octanol–water partition coefficient (Wildman–Crippen LogP) is 2.44. The molecule has 1 aromatic carbocycles. The first-order valence-electron chi connectivity index (χ1n) is 8.79. The van der Waals surface area contributed by atoms with Crippen LogP contribution < -0.4 is 10.1 Å². The average Bonchev–Trinajstić information content (AvgIpc) is 2.68. The second-order valence-electron chi connectivity index (χ2n) is 6.53. The van der Waals surface area contributed by atoms with Crippen LogP contribution in [0.15, 0.2) is 47.4 Å². The third-order valence-corrected chi connectivity index (χ3v) is 6.47. The Balaban J connectivity index is 1.71. The smallest absolute Gasteiger partial charge is 0.243 e. The van der Waals surface area contributed by atoms with E-state index in [-0.39, 0.29) is 17.3 Å². The Labute approximate surface area is 159 Å². The van der Waals surface area contributed by atoms with Gasteiger partial charge in [-0.3, -0.25) is 4.79 Å². The standard InChI is InChI=1S/C19H23N3O4S/c1-14-5-3-7-18(20-14)21-19(23)15-6-4-12-22(13-15)27(24,25)17-10-8-16(26-2)9-11-17/h3,5,7-11,15H,4,6,12-13H2,1-2H3,(H,20,21,23). The molecule has 1 atom stereocenters. The van der Waals surface area contributed by atoms with Crippen molar-refractivity contribution in [2.45, 2.75) is 24.7 Å². The van der Waals surface area contributed by atoms with Crippen LogP contribution in [-0.4, -0.2) is 43.8 Å². The van der Waals surface area contributed by atoms with Crippen molar-refractivity contribution in [2.24, 2.45) is 5.92 Å². The maximum Gasteiger partial charge on any atom is 0.243 e. The van der Waals surface area contributed by atoms with E-state index in [4.69, 9.17) is 4.74 Å². The zero-order chi connectivity index (χ0) is 19.4. The van der Waals surface area contributed by atoms with Gasteiger partial charge in [0.1, 0.15) is 11.6 Å². The molecule has 1 saturated heterocycles. The molecule has 144 valence electrons. The van der Waals surface area contributed by atoms with Gasteiger partial charge in [-0.25, -0.2) is 13.4 Å². The van der Waals surface area contributed by atoms with Crippen LogP contribution in [0.5, 0.6) is 5.75 Å². The summed E-state index contributed by atoms with van der Waals surface area (Å²) in [5.41, 5.74) is 0.806. The summed E-state index contributed by atoms with van der Waals surface area (Å²) >= 11 is 0. The summed E-state index contributed by atoms with van der Waals surface area (Å²) in [6, 6.07) is 11.7. The summed E-state index contributed by atoms with van der Waals surface area (Å²) in [6.45, 7) is 2.41. The molecule has 7 nitrogen and oxygen atoms in total. The van der Waals surface area contributed by atoms with Crippen LogP contribution in [-0.2, 0) is 14.8 Å². The van der Waals surface area contributed by atoms with Crippen molar-refractivity contribution in [3.63, 3.8) is 0 Å². The minimum atomic E-state index is -3.65. The second kappa shape index (κ2) is 8.06. The van der Waals surface area contributed by atoms with Gasteiger partial charge in [0.05, 0.1) is 17.9 Å². The first-order chi connectivity index (χ1) is 12.9. The molecule has 0 saturated carbocycles. The van der Waals surface area contributed by atoms with Crippen LogP contribution in [0.1, 0.15) is 18.5 Å². The lowest BCUT2D eigenvalue weighted by Gasteiger charge is -2.31. The summed E-state index contributed by atoms with van der Waals surface area (Å²) in [5.74, 6) is 0.461. The van der Waals surface area contributed by atoms with Gasteiger partial charge in [0, 0.05) is 18.8 Å². The molecule has 1 unspecified atom stereocenters. The van der Waals surface area contributed by atoms with E-state index in [1.807, 2.05) is 19.1 Å². The first-order valence-corrected chi connectivity index (χ1v) is 10.2. The number of methoxy groups -OCH3 is 1. The second-order valence-corrected chi connectivity index (χ2v) is 8.47. The maximum absolute atomic E-state index is 12.9. The van der Waals surface area contributed by atoms with Crippen LogP contribution in [0, 0.1) is 12.8 Å². The largest absolute Gasteiger partial charge is 0.497 e. The Morgan fingerprint density at radius 1 is 1.22 bits per heavy atom. The number of pyridine rings is 1. The zero-order valence-electron chi connectivity index (χ0n) is 15.4. The number of anilines is 1. The number of hydrogen-bond donors (Lipinski definition) is 1. The molecular formula is C19H23N3O4S. The van der Waals surface area contributed by atoms with E-state index in [2.05, 4.69) is 10.3 Å². The Morgan fingerprint density at radius 3 is 2.63 bits per heavy atom. The minimum Gasteiger partial charge on any atom is -0.497 e. The van der Waals surface area contributed by atoms with Crippen molar-refractivity contribution in [1.29, 1.82) is 0 Å². The third-order valence-electron chi connectivity index (χ3n) is 4.59. The number of benzene rings is 1. The van der Waals surface area contributed by atoms with Gasteiger partial charge < -0.3 is 10.1 Å². The molecular weight excluding hydrogens is 366 g/mol. The van der Waals surface area contributed by atoms with Gasteiger partial charge in [-0.15, -0.1) is 0 Å². The number of nitrogens with one attached hydrogen (secondary N) is 1. The molecule has 1 fully saturated rings. The predicted molar refractivity (Wildman–Crippen MR) is 102 cm³/mol. The van der Waals surface area contributed by atoms with E-state index < -0.39 is 15.9 Å². The fourth-order valence-corrected chi connectivity index (χ4v) is 4.64. The van der Waals surface area contributed by atoms with Crippen molar-refractivity contribution in [3.05, 3.63) is 48.2 Å². The Hall–Kier alpha value is -2.45. The van der Waals surface area contributed by atoms with Gasteiger partial charge in [0.15, 0.2) is 0 Å². The molecule has 2 aromatic rings. The van der Waals surface area contributed by atoms with E-state index in [1.54, 1.807) is 18.2 Å². The van der Waals surface area contributed by atoms with Crippen molar-refractivity contribution in [1.82, 2.24) is 9.29 Å². The van der Waals surface area contributed by atoms with E-state index in [1.165, 1.54) is 23.5 Å². The van der Waals surface area contributed by atoms with Crippen LogP contribution in [0.2, 0.25) is 0 Å². The minimum absolute atomic E-state index is 0.159. The highest BCUT2D eigenvalue weighted by Crippen LogP contribution is 2.25. The molecule has 3 rings (SSSR count). The van der Waals surface area contributed by atoms with Gasteiger partial charge in [-0.05, 0) is 56.2 Å².